The summed E-state index contributed by atoms with van der Waals surface area (Å²) in [7, 11) is 0. The van der Waals surface area contributed by atoms with Crippen molar-refractivity contribution in [1.82, 2.24) is 5.32 Å². The number of hydrogen-bond donors (Lipinski definition) is 3. The lowest BCUT2D eigenvalue weighted by Gasteiger charge is -2.13. The molecule has 1 aromatic rings. The number of halogens is 5. The molecule has 0 spiro atoms. The summed E-state index contributed by atoms with van der Waals surface area (Å²) in [5.74, 6) is -1.29. The summed E-state index contributed by atoms with van der Waals surface area (Å²) in [5, 5.41) is 13.3. The van der Waals surface area contributed by atoms with Crippen molar-refractivity contribution in [2.75, 3.05) is 11.9 Å². The molecule has 10 heteroatoms. The van der Waals surface area contributed by atoms with Crippen LogP contribution < -0.4 is 10.6 Å². The number of amides is 2. The Morgan fingerprint density at radius 2 is 1.86 bits per heavy atom. The topological polar surface area (TPSA) is 78.4 Å². The summed E-state index contributed by atoms with van der Waals surface area (Å²) < 4.78 is 36.6. The van der Waals surface area contributed by atoms with E-state index in [0.29, 0.717) is 4.47 Å². The van der Waals surface area contributed by atoms with Crippen molar-refractivity contribution < 1.29 is 27.9 Å². The number of anilines is 1. The van der Waals surface area contributed by atoms with E-state index in [1.54, 1.807) is 0 Å². The molecule has 0 aliphatic carbocycles. The van der Waals surface area contributed by atoms with Crippen molar-refractivity contribution in [2.45, 2.75) is 12.6 Å². The van der Waals surface area contributed by atoms with Gasteiger partial charge in [0.15, 0.2) is 0 Å². The van der Waals surface area contributed by atoms with Crippen molar-refractivity contribution >= 4 is 49.5 Å². The van der Waals surface area contributed by atoms with Crippen LogP contribution in [0.25, 0.3) is 0 Å². The zero-order valence-corrected chi connectivity index (χ0v) is 13.4. The molecule has 0 saturated carbocycles. The largest absolute Gasteiger partial charge is 0.478 e. The first-order valence-corrected chi connectivity index (χ1v) is 7.02. The van der Waals surface area contributed by atoms with Gasteiger partial charge in [0.1, 0.15) is 0 Å². The number of carbonyl (C=O) groups is 2. The van der Waals surface area contributed by atoms with E-state index in [1.807, 2.05) is 5.32 Å². The SMILES string of the molecule is O=C(NCCC(F)(F)F)Nc1c(Br)cc(Br)cc1C(=O)O. The average molecular weight is 434 g/mol. The van der Waals surface area contributed by atoms with Gasteiger partial charge in [-0.3, -0.25) is 0 Å². The molecule has 5 nitrogen and oxygen atoms in total. The highest BCUT2D eigenvalue weighted by Crippen LogP contribution is 2.30. The minimum absolute atomic E-state index is 0.0461. The summed E-state index contributed by atoms with van der Waals surface area (Å²) in [6, 6.07) is 1.83. The first-order valence-electron chi connectivity index (χ1n) is 5.44. The van der Waals surface area contributed by atoms with E-state index in [4.69, 9.17) is 5.11 Å². The van der Waals surface area contributed by atoms with E-state index in [-0.39, 0.29) is 15.7 Å². The number of benzene rings is 1. The molecule has 21 heavy (non-hydrogen) atoms. The number of alkyl halides is 3. The van der Waals surface area contributed by atoms with Gasteiger partial charge in [-0.05, 0) is 28.1 Å². The van der Waals surface area contributed by atoms with Crippen LogP contribution >= 0.6 is 31.9 Å². The zero-order valence-electron chi connectivity index (χ0n) is 10.2. The van der Waals surface area contributed by atoms with E-state index in [9.17, 15) is 22.8 Å². The molecule has 0 aromatic heterocycles. The molecule has 116 valence electrons. The molecule has 1 rings (SSSR count). The van der Waals surface area contributed by atoms with E-state index < -0.39 is 31.1 Å². The third-order valence-corrected chi connectivity index (χ3v) is 3.30. The molecule has 0 heterocycles. The lowest BCUT2D eigenvalue weighted by molar-refractivity contribution is -0.132. The lowest BCUT2D eigenvalue weighted by Crippen LogP contribution is -2.32. The predicted molar refractivity (Wildman–Crippen MR) is 76.5 cm³/mol. The van der Waals surface area contributed by atoms with E-state index in [0.717, 1.165) is 0 Å². The standard InChI is InChI=1S/C11H9Br2F3N2O3/c12-5-3-6(9(19)20)8(7(13)4-5)18-10(21)17-2-1-11(14,15)16/h3-4H,1-2H2,(H,19,20)(H2,17,18,21). The van der Waals surface area contributed by atoms with E-state index in [1.165, 1.54) is 12.1 Å². The summed E-state index contributed by atoms with van der Waals surface area (Å²) in [5.41, 5.74) is -0.252. The van der Waals surface area contributed by atoms with Crippen LogP contribution in [-0.4, -0.2) is 29.8 Å². The Hall–Kier alpha value is -1.29. The Balaban J connectivity index is 2.79. The van der Waals surface area contributed by atoms with Crippen LogP contribution in [0.4, 0.5) is 23.7 Å². The number of rotatable bonds is 4. The Labute approximate surface area is 134 Å². The highest BCUT2D eigenvalue weighted by Gasteiger charge is 2.26. The predicted octanol–water partition coefficient (Wildman–Crippen LogP) is 3.98. The summed E-state index contributed by atoms with van der Waals surface area (Å²) in [6.45, 7) is -0.605. The monoisotopic (exact) mass is 432 g/mol. The highest BCUT2D eigenvalue weighted by atomic mass is 79.9. The van der Waals surface area contributed by atoms with Crippen molar-refractivity contribution in [3.63, 3.8) is 0 Å². The minimum atomic E-state index is -4.38. The molecule has 0 atom stereocenters. The molecular formula is C11H9Br2F3N2O3. The fourth-order valence-electron chi connectivity index (χ4n) is 1.34. The third-order valence-electron chi connectivity index (χ3n) is 2.22. The molecule has 0 saturated heterocycles. The minimum Gasteiger partial charge on any atom is -0.478 e. The molecule has 0 radical (unpaired) electrons. The fraction of sp³-hybridized carbons (Fsp3) is 0.273. The third kappa shape index (κ3) is 5.92. The maximum Gasteiger partial charge on any atom is 0.390 e. The van der Waals surface area contributed by atoms with Crippen LogP contribution in [-0.2, 0) is 0 Å². The maximum absolute atomic E-state index is 11.9. The lowest BCUT2D eigenvalue weighted by atomic mass is 10.2. The normalized spacial score (nSPS) is 11.1. The highest BCUT2D eigenvalue weighted by molar-refractivity contribution is 9.11. The second-order valence-corrected chi connectivity index (χ2v) is 5.63. The van der Waals surface area contributed by atoms with E-state index >= 15 is 0 Å². The molecule has 1 aromatic carbocycles. The van der Waals surface area contributed by atoms with Gasteiger partial charge in [-0.25, -0.2) is 9.59 Å². The first kappa shape index (κ1) is 17.8. The Bertz CT molecular complexity index is 564. The summed E-state index contributed by atoms with van der Waals surface area (Å²) in [6.07, 6.45) is -5.55. The quantitative estimate of drug-likeness (QED) is 0.671. The van der Waals surface area contributed by atoms with Gasteiger partial charge in [-0.2, -0.15) is 13.2 Å². The fourth-order valence-corrected chi connectivity index (χ4v) is 2.67. The summed E-state index contributed by atoms with van der Waals surface area (Å²) in [4.78, 5) is 22.6. The Kier molecular flexibility index (Phi) is 6.02. The van der Waals surface area contributed by atoms with Crippen LogP contribution in [0, 0.1) is 0 Å². The molecule has 0 aliphatic heterocycles. The average Bonchev–Trinajstić information content (AvgIpc) is 2.30. The molecule has 3 N–H and O–H groups in total. The van der Waals surface area contributed by atoms with Gasteiger partial charge in [0.2, 0.25) is 0 Å². The zero-order chi connectivity index (χ0) is 16.2. The van der Waals surface area contributed by atoms with Crippen LogP contribution in [0.15, 0.2) is 21.1 Å². The second-order valence-electron chi connectivity index (χ2n) is 3.86. The van der Waals surface area contributed by atoms with Gasteiger partial charge >= 0.3 is 18.2 Å². The molecule has 2 amide bonds. The Morgan fingerprint density at radius 1 is 1.24 bits per heavy atom. The number of carboxylic acid groups (broad SMARTS) is 1. The van der Waals surface area contributed by atoms with Crippen LogP contribution in [0.5, 0.6) is 0 Å². The van der Waals surface area contributed by atoms with Gasteiger partial charge in [-0.1, -0.05) is 15.9 Å². The van der Waals surface area contributed by atoms with Crippen molar-refractivity contribution in [1.29, 1.82) is 0 Å². The molecular weight excluding hydrogens is 425 g/mol. The van der Waals surface area contributed by atoms with Gasteiger partial charge in [0.05, 0.1) is 17.7 Å². The molecule has 0 fully saturated rings. The number of aromatic carboxylic acids is 1. The maximum atomic E-state index is 11.9. The number of carboxylic acids is 1. The van der Waals surface area contributed by atoms with Crippen LogP contribution in [0.3, 0.4) is 0 Å². The number of hydrogen-bond acceptors (Lipinski definition) is 2. The Morgan fingerprint density at radius 3 is 2.38 bits per heavy atom. The number of carbonyl (C=O) groups excluding carboxylic acids is 1. The van der Waals surface area contributed by atoms with Gasteiger partial charge < -0.3 is 15.7 Å². The van der Waals surface area contributed by atoms with Gasteiger partial charge in [-0.15, -0.1) is 0 Å². The number of urea groups is 1. The van der Waals surface area contributed by atoms with Crippen LogP contribution in [0.1, 0.15) is 16.8 Å². The molecule has 0 unspecified atom stereocenters. The smallest absolute Gasteiger partial charge is 0.390 e. The van der Waals surface area contributed by atoms with Gasteiger partial charge in [0, 0.05) is 15.5 Å². The van der Waals surface area contributed by atoms with Crippen molar-refractivity contribution in [2.24, 2.45) is 0 Å². The number of nitrogens with one attached hydrogen (secondary N) is 2. The van der Waals surface area contributed by atoms with E-state index in [2.05, 4.69) is 37.2 Å². The second kappa shape index (κ2) is 7.12. The first-order chi connectivity index (χ1) is 9.60. The van der Waals surface area contributed by atoms with Crippen LogP contribution in [0.2, 0.25) is 0 Å². The molecule has 0 aliphatic rings. The van der Waals surface area contributed by atoms with Crippen molar-refractivity contribution in [3.05, 3.63) is 26.6 Å². The van der Waals surface area contributed by atoms with Gasteiger partial charge in [0.25, 0.3) is 0 Å². The molecule has 0 bridgehead atoms. The van der Waals surface area contributed by atoms with Crippen molar-refractivity contribution in [3.8, 4) is 0 Å². The summed E-state index contributed by atoms with van der Waals surface area (Å²) >= 11 is 6.18.